The van der Waals surface area contributed by atoms with E-state index in [-0.39, 0.29) is 17.7 Å². The molecule has 5 heteroatoms. The molecule has 0 bridgehead atoms. The summed E-state index contributed by atoms with van der Waals surface area (Å²) in [5.74, 6) is 1.80. The van der Waals surface area contributed by atoms with Crippen LogP contribution < -0.4 is 5.32 Å². The van der Waals surface area contributed by atoms with Crippen LogP contribution in [0.5, 0.6) is 0 Å². The van der Waals surface area contributed by atoms with Crippen LogP contribution in [0.15, 0.2) is 65.1 Å². The zero-order valence-corrected chi connectivity index (χ0v) is 18.1. The lowest BCUT2D eigenvalue weighted by Crippen LogP contribution is -2.35. The van der Waals surface area contributed by atoms with Gasteiger partial charge in [-0.15, -0.1) is 0 Å². The summed E-state index contributed by atoms with van der Waals surface area (Å²) in [5.41, 5.74) is 3.91. The Bertz CT molecular complexity index is 1070. The van der Waals surface area contributed by atoms with Crippen molar-refractivity contribution in [3.05, 3.63) is 77.6 Å². The highest BCUT2D eigenvalue weighted by Crippen LogP contribution is 2.31. The summed E-state index contributed by atoms with van der Waals surface area (Å²) in [6, 6.07) is 19.8. The van der Waals surface area contributed by atoms with Gasteiger partial charge < -0.3 is 14.6 Å². The van der Waals surface area contributed by atoms with Crippen LogP contribution in [-0.4, -0.2) is 23.3 Å². The number of aryl methyl sites for hydroxylation is 1. The normalized spacial score (nSPS) is 13.2. The summed E-state index contributed by atoms with van der Waals surface area (Å²) in [6.45, 7) is 4.99. The third-order valence-corrected chi connectivity index (χ3v) is 5.63. The van der Waals surface area contributed by atoms with E-state index in [1.165, 1.54) is 5.56 Å². The third-order valence-electron chi connectivity index (χ3n) is 5.63. The van der Waals surface area contributed by atoms with Crippen LogP contribution in [0.1, 0.15) is 37.2 Å². The van der Waals surface area contributed by atoms with Crippen molar-refractivity contribution in [1.82, 2.24) is 4.90 Å². The number of benzene rings is 2. The molecule has 4 rings (SSSR count). The smallest absolute Gasteiger partial charge is 0.226 e. The molecular formula is C26H28N2O3. The van der Waals surface area contributed by atoms with Gasteiger partial charge >= 0.3 is 0 Å². The Kier molecular flexibility index (Phi) is 6.21. The zero-order chi connectivity index (χ0) is 21.8. The van der Waals surface area contributed by atoms with E-state index in [9.17, 15) is 9.59 Å². The van der Waals surface area contributed by atoms with E-state index in [4.69, 9.17) is 4.42 Å². The topological polar surface area (TPSA) is 62.6 Å². The Labute approximate surface area is 183 Å². The van der Waals surface area contributed by atoms with E-state index in [1.54, 1.807) is 0 Å². The summed E-state index contributed by atoms with van der Waals surface area (Å²) in [6.07, 6.45) is 1.99. The molecule has 1 aromatic heterocycles. The number of fused-ring (bicyclic) bond motifs is 1. The number of nitrogens with zero attached hydrogens (tertiary/aromatic N) is 1. The standard InChI is InChI=1S/C26H28N2O3/c1-18(2)26(30)27-22-10-6-9-20(15-22)24-16-21-17-28(14-13-23(21)31-24)25(29)12-11-19-7-4-3-5-8-19/h3-10,15-16,18H,11-14,17H2,1-2H3,(H,27,30). The van der Waals surface area contributed by atoms with Gasteiger partial charge in [-0.25, -0.2) is 0 Å². The summed E-state index contributed by atoms with van der Waals surface area (Å²) < 4.78 is 6.11. The van der Waals surface area contributed by atoms with Gasteiger partial charge in [-0.05, 0) is 30.2 Å². The van der Waals surface area contributed by atoms with Crippen molar-refractivity contribution < 1.29 is 14.0 Å². The number of carbonyl (C=O) groups excluding carboxylic acids is 2. The van der Waals surface area contributed by atoms with Gasteiger partial charge in [0.1, 0.15) is 11.5 Å². The van der Waals surface area contributed by atoms with E-state index in [2.05, 4.69) is 17.4 Å². The minimum atomic E-state index is -0.0787. The first-order valence-corrected chi connectivity index (χ1v) is 10.8. The van der Waals surface area contributed by atoms with Crippen molar-refractivity contribution in [3.63, 3.8) is 0 Å². The number of carbonyl (C=O) groups is 2. The van der Waals surface area contributed by atoms with Crippen LogP contribution >= 0.6 is 0 Å². The first kappa shape index (κ1) is 20.9. The number of rotatable bonds is 6. The molecule has 0 radical (unpaired) electrons. The lowest BCUT2D eigenvalue weighted by molar-refractivity contribution is -0.132. The van der Waals surface area contributed by atoms with E-state index < -0.39 is 0 Å². The molecule has 0 aliphatic carbocycles. The Balaban J connectivity index is 1.42. The summed E-state index contributed by atoms with van der Waals surface area (Å²) in [7, 11) is 0. The second kappa shape index (κ2) is 9.21. The number of hydrogen-bond acceptors (Lipinski definition) is 3. The van der Waals surface area contributed by atoms with Crippen LogP contribution in [0, 0.1) is 5.92 Å². The molecule has 0 spiro atoms. The second-order valence-electron chi connectivity index (χ2n) is 8.33. The molecule has 0 unspecified atom stereocenters. The number of furan rings is 1. The van der Waals surface area contributed by atoms with Crippen LogP contribution in [0.2, 0.25) is 0 Å². The number of nitrogens with one attached hydrogen (secondary N) is 1. The van der Waals surface area contributed by atoms with Gasteiger partial charge in [0, 0.05) is 48.7 Å². The van der Waals surface area contributed by atoms with Gasteiger partial charge in [-0.3, -0.25) is 9.59 Å². The van der Waals surface area contributed by atoms with Gasteiger partial charge in [-0.1, -0.05) is 56.3 Å². The molecule has 1 N–H and O–H groups in total. The molecule has 0 saturated heterocycles. The van der Waals surface area contributed by atoms with Gasteiger partial charge in [0.2, 0.25) is 11.8 Å². The number of hydrogen-bond donors (Lipinski definition) is 1. The molecule has 31 heavy (non-hydrogen) atoms. The van der Waals surface area contributed by atoms with Crippen LogP contribution in [0.4, 0.5) is 5.69 Å². The average Bonchev–Trinajstić information content (AvgIpc) is 3.22. The van der Waals surface area contributed by atoms with Crippen molar-refractivity contribution in [3.8, 4) is 11.3 Å². The predicted octanol–water partition coefficient (Wildman–Crippen LogP) is 5.06. The number of amides is 2. The molecule has 1 aliphatic rings. The molecule has 2 amide bonds. The van der Waals surface area contributed by atoms with Crippen LogP contribution in [0.25, 0.3) is 11.3 Å². The first-order valence-electron chi connectivity index (χ1n) is 10.8. The fourth-order valence-corrected chi connectivity index (χ4v) is 3.78. The minimum Gasteiger partial charge on any atom is -0.461 e. The van der Waals surface area contributed by atoms with Gasteiger partial charge in [-0.2, -0.15) is 0 Å². The van der Waals surface area contributed by atoms with E-state index >= 15 is 0 Å². The average molecular weight is 417 g/mol. The minimum absolute atomic E-state index is 0.0134. The largest absolute Gasteiger partial charge is 0.461 e. The summed E-state index contributed by atoms with van der Waals surface area (Å²) >= 11 is 0. The Morgan fingerprint density at radius 3 is 2.65 bits per heavy atom. The first-order chi connectivity index (χ1) is 15.0. The molecule has 0 saturated carbocycles. The molecule has 2 aromatic carbocycles. The second-order valence-corrected chi connectivity index (χ2v) is 8.33. The Hall–Kier alpha value is -3.34. The molecule has 5 nitrogen and oxygen atoms in total. The van der Waals surface area contributed by atoms with E-state index in [0.717, 1.165) is 41.2 Å². The van der Waals surface area contributed by atoms with Gasteiger partial charge in [0.05, 0.1) is 0 Å². The van der Waals surface area contributed by atoms with E-state index in [1.807, 2.05) is 67.3 Å². The van der Waals surface area contributed by atoms with Crippen molar-refractivity contribution in [2.45, 2.75) is 39.7 Å². The van der Waals surface area contributed by atoms with Crippen molar-refractivity contribution in [1.29, 1.82) is 0 Å². The fourth-order valence-electron chi connectivity index (χ4n) is 3.78. The van der Waals surface area contributed by atoms with Crippen LogP contribution in [-0.2, 0) is 29.0 Å². The maximum Gasteiger partial charge on any atom is 0.226 e. The van der Waals surface area contributed by atoms with Crippen molar-refractivity contribution >= 4 is 17.5 Å². The summed E-state index contributed by atoms with van der Waals surface area (Å²) in [4.78, 5) is 26.6. The molecule has 1 aliphatic heterocycles. The Morgan fingerprint density at radius 1 is 1.06 bits per heavy atom. The molecule has 160 valence electrons. The van der Waals surface area contributed by atoms with Gasteiger partial charge in [0.15, 0.2) is 0 Å². The van der Waals surface area contributed by atoms with Crippen LogP contribution in [0.3, 0.4) is 0 Å². The molecule has 3 aromatic rings. The molecule has 2 heterocycles. The lowest BCUT2D eigenvalue weighted by atomic mass is 10.1. The maximum absolute atomic E-state index is 12.7. The third kappa shape index (κ3) is 5.05. The SMILES string of the molecule is CC(C)C(=O)Nc1cccc(-c2cc3c(o2)CCN(C(=O)CCc2ccccc2)C3)c1. The molecular weight excluding hydrogens is 388 g/mol. The quantitative estimate of drug-likeness (QED) is 0.611. The predicted molar refractivity (Wildman–Crippen MR) is 121 cm³/mol. The summed E-state index contributed by atoms with van der Waals surface area (Å²) in [5, 5.41) is 2.93. The zero-order valence-electron chi connectivity index (χ0n) is 18.1. The Morgan fingerprint density at radius 2 is 1.87 bits per heavy atom. The highest BCUT2D eigenvalue weighted by atomic mass is 16.3. The molecule has 0 fully saturated rings. The van der Waals surface area contributed by atoms with E-state index in [0.29, 0.717) is 19.5 Å². The van der Waals surface area contributed by atoms with Gasteiger partial charge in [0.25, 0.3) is 0 Å². The lowest BCUT2D eigenvalue weighted by Gasteiger charge is -2.26. The maximum atomic E-state index is 12.7. The van der Waals surface area contributed by atoms with Crippen molar-refractivity contribution in [2.75, 3.05) is 11.9 Å². The number of anilines is 1. The fraction of sp³-hybridized carbons (Fsp3) is 0.308. The highest BCUT2D eigenvalue weighted by molar-refractivity contribution is 5.92. The highest BCUT2D eigenvalue weighted by Gasteiger charge is 2.24. The van der Waals surface area contributed by atoms with Crippen molar-refractivity contribution in [2.24, 2.45) is 5.92 Å². The molecule has 0 atom stereocenters. The monoisotopic (exact) mass is 416 g/mol.